The van der Waals surface area contributed by atoms with Crippen LogP contribution < -0.4 is 0 Å². The lowest BCUT2D eigenvalue weighted by atomic mass is 10.4. The van der Waals surface area contributed by atoms with E-state index >= 15 is 0 Å². The predicted molar refractivity (Wildman–Crippen MR) is 59.6 cm³/mol. The zero-order chi connectivity index (χ0) is 9.64. The summed E-state index contributed by atoms with van der Waals surface area (Å²) < 4.78 is 5.30. The van der Waals surface area contributed by atoms with Gasteiger partial charge < -0.3 is 4.74 Å². The summed E-state index contributed by atoms with van der Waals surface area (Å²) in [5.74, 6) is 1.08. The van der Waals surface area contributed by atoms with Crippen molar-refractivity contribution >= 4 is 11.8 Å². The van der Waals surface area contributed by atoms with Crippen LogP contribution >= 0.6 is 11.8 Å². The number of hydrogen-bond acceptors (Lipinski definition) is 3. The SMILES string of the molecule is c1ccc(SCN2CCOCC2)cc1. The van der Waals surface area contributed by atoms with Crippen molar-refractivity contribution in [2.45, 2.75) is 4.90 Å². The van der Waals surface area contributed by atoms with Gasteiger partial charge in [-0.3, -0.25) is 4.90 Å². The van der Waals surface area contributed by atoms with E-state index in [9.17, 15) is 0 Å². The Hall–Kier alpha value is -0.510. The molecule has 2 rings (SSSR count). The third-order valence-corrected chi connectivity index (χ3v) is 3.36. The van der Waals surface area contributed by atoms with Crippen molar-refractivity contribution in [3.63, 3.8) is 0 Å². The van der Waals surface area contributed by atoms with Gasteiger partial charge in [-0.2, -0.15) is 0 Å². The molecule has 0 atom stereocenters. The fraction of sp³-hybridized carbons (Fsp3) is 0.455. The summed E-state index contributed by atoms with van der Waals surface area (Å²) >= 11 is 1.90. The summed E-state index contributed by atoms with van der Waals surface area (Å²) in [5, 5.41) is 0. The molecule has 3 heteroatoms. The van der Waals surface area contributed by atoms with Crippen LogP contribution in [-0.2, 0) is 4.74 Å². The first-order valence-electron chi connectivity index (χ1n) is 4.93. The van der Waals surface area contributed by atoms with Gasteiger partial charge >= 0.3 is 0 Å². The first kappa shape index (κ1) is 10.0. The zero-order valence-electron chi connectivity index (χ0n) is 8.19. The minimum atomic E-state index is 0.884. The van der Waals surface area contributed by atoms with Gasteiger partial charge in [0.2, 0.25) is 0 Å². The van der Waals surface area contributed by atoms with E-state index in [1.807, 2.05) is 11.8 Å². The second kappa shape index (κ2) is 5.39. The van der Waals surface area contributed by atoms with E-state index in [0.29, 0.717) is 0 Å². The summed E-state index contributed by atoms with van der Waals surface area (Å²) in [6, 6.07) is 10.5. The Kier molecular flexibility index (Phi) is 3.86. The normalized spacial score (nSPS) is 18.3. The van der Waals surface area contributed by atoms with Crippen LogP contribution in [0.2, 0.25) is 0 Å². The van der Waals surface area contributed by atoms with E-state index in [1.165, 1.54) is 4.90 Å². The van der Waals surface area contributed by atoms with Crippen molar-refractivity contribution in [1.82, 2.24) is 4.90 Å². The molecule has 1 aliphatic rings. The van der Waals surface area contributed by atoms with Gasteiger partial charge in [0.15, 0.2) is 0 Å². The number of ether oxygens (including phenoxy) is 1. The van der Waals surface area contributed by atoms with Gasteiger partial charge in [-0.15, -0.1) is 11.8 Å². The summed E-state index contributed by atoms with van der Waals surface area (Å²) in [6.07, 6.45) is 0. The van der Waals surface area contributed by atoms with E-state index in [2.05, 4.69) is 35.2 Å². The van der Waals surface area contributed by atoms with E-state index in [1.54, 1.807) is 0 Å². The molecule has 0 aromatic heterocycles. The molecule has 0 saturated carbocycles. The fourth-order valence-corrected chi connectivity index (χ4v) is 2.35. The van der Waals surface area contributed by atoms with Crippen LogP contribution in [0.4, 0.5) is 0 Å². The molecule has 0 unspecified atom stereocenters. The fourth-order valence-electron chi connectivity index (χ4n) is 1.41. The van der Waals surface area contributed by atoms with Crippen LogP contribution in [0.15, 0.2) is 35.2 Å². The number of nitrogens with zero attached hydrogens (tertiary/aromatic N) is 1. The average molecular weight is 209 g/mol. The van der Waals surface area contributed by atoms with E-state index in [4.69, 9.17) is 4.74 Å². The molecule has 0 amide bonds. The molecule has 1 heterocycles. The number of rotatable bonds is 3. The van der Waals surface area contributed by atoms with Crippen molar-refractivity contribution in [3.8, 4) is 0 Å². The molecule has 1 aliphatic heterocycles. The molecule has 1 fully saturated rings. The quantitative estimate of drug-likeness (QED) is 0.707. The molecule has 0 aliphatic carbocycles. The van der Waals surface area contributed by atoms with Crippen molar-refractivity contribution in [1.29, 1.82) is 0 Å². The maximum Gasteiger partial charge on any atom is 0.0594 e. The standard InChI is InChI=1S/C11H15NOS/c1-2-4-11(5-3-1)14-10-12-6-8-13-9-7-12/h1-5H,6-10H2. The molecule has 14 heavy (non-hydrogen) atoms. The lowest BCUT2D eigenvalue weighted by Crippen LogP contribution is -2.35. The summed E-state index contributed by atoms with van der Waals surface area (Å²) in [7, 11) is 0. The Bertz CT molecular complexity index is 259. The molecule has 1 aromatic rings. The molecule has 1 saturated heterocycles. The Morgan fingerprint density at radius 2 is 1.86 bits per heavy atom. The molecular formula is C11H15NOS. The zero-order valence-corrected chi connectivity index (χ0v) is 9.00. The third kappa shape index (κ3) is 3.01. The Balaban J connectivity index is 1.76. The van der Waals surface area contributed by atoms with Crippen molar-refractivity contribution in [3.05, 3.63) is 30.3 Å². The summed E-state index contributed by atoms with van der Waals surface area (Å²) in [6.45, 7) is 3.91. The van der Waals surface area contributed by atoms with Gasteiger partial charge in [0.05, 0.1) is 13.2 Å². The van der Waals surface area contributed by atoms with E-state index < -0.39 is 0 Å². The number of benzene rings is 1. The highest BCUT2D eigenvalue weighted by atomic mass is 32.2. The molecule has 0 N–H and O–H groups in total. The van der Waals surface area contributed by atoms with Crippen LogP contribution in [-0.4, -0.2) is 37.1 Å². The van der Waals surface area contributed by atoms with E-state index in [-0.39, 0.29) is 0 Å². The number of morpholine rings is 1. The van der Waals surface area contributed by atoms with Crippen molar-refractivity contribution in [2.24, 2.45) is 0 Å². The first-order chi connectivity index (χ1) is 6.95. The lowest BCUT2D eigenvalue weighted by Gasteiger charge is -2.25. The minimum Gasteiger partial charge on any atom is -0.379 e. The number of hydrogen-bond donors (Lipinski definition) is 0. The largest absolute Gasteiger partial charge is 0.379 e. The monoisotopic (exact) mass is 209 g/mol. The molecule has 0 bridgehead atoms. The topological polar surface area (TPSA) is 12.5 Å². The van der Waals surface area contributed by atoms with Crippen LogP contribution in [0.3, 0.4) is 0 Å². The highest BCUT2D eigenvalue weighted by Gasteiger charge is 2.09. The third-order valence-electron chi connectivity index (χ3n) is 2.26. The van der Waals surface area contributed by atoms with Crippen molar-refractivity contribution in [2.75, 3.05) is 32.2 Å². The number of thioether (sulfide) groups is 1. The van der Waals surface area contributed by atoms with Gasteiger partial charge in [0.1, 0.15) is 0 Å². The molecule has 0 radical (unpaired) electrons. The van der Waals surface area contributed by atoms with Crippen LogP contribution in [0.5, 0.6) is 0 Å². The van der Waals surface area contributed by atoms with Gasteiger partial charge in [-0.25, -0.2) is 0 Å². The highest BCUT2D eigenvalue weighted by molar-refractivity contribution is 7.99. The Morgan fingerprint density at radius 3 is 2.57 bits per heavy atom. The smallest absolute Gasteiger partial charge is 0.0594 e. The molecule has 2 nitrogen and oxygen atoms in total. The van der Waals surface area contributed by atoms with E-state index in [0.717, 1.165) is 32.2 Å². The highest BCUT2D eigenvalue weighted by Crippen LogP contribution is 2.18. The summed E-state index contributed by atoms with van der Waals surface area (Å²) in [4.78, 5) is 3.78. The Labute approximate surface area is 89.2 Å². The maximum absolute atomic E-state index is 5.30. The molecule has 1 aromatic carbocycles. The van der Waals surface area contributed by atoms with Gasteiger partial charge in [-0.05, 0) is 12.1 Å². The van der Waals surface area contributed by atoms with Crippen LogP contribution in [0.25, 0.3) is 0 Å². The van der Waals surface area contributed by atoms with Gasteiger partial charge in [0, 0.05) is 23.9 Å². The molecule has 76 valence electrons. The second-order valence-corrected chi connectivity index (χ2v) is 4.34. The van der Waals surface area contributed by atoms with Crippen LogP contribution in [0.1, 0.15) is 0 Å². The Morgan fingerprint density at radius 1 is 1.14 bits per heavy atom. The van der Waals surface area contributed by atoms with Gasteiger partial charge in [-0.1, -0.05) is 18.2 Å². The first-order valence-corrected chi connectivity index (χ1v) is 5.92. The second-order valence-electron chi connectivity index (χ2n) is 3.32. The van der Waals surface area contributed by atoms with Gasteiger partial charge in [0.25, 0.3) is 0 Å². The van der Waals surface area contributed by atoms with Crippen molar-refractivity contribution < 1.29 is 4.74 Å². The van der Waals surface area contributed by atoms with Crippen LogP contribution in [0, 0.1) is 0 Å². The lowest BCUT2D eigenvalue weighted by molar-refractivity contribution is 0.0474. The predicted octanol–water partition coefficient (Wildman–Crippen LogP) is 2.07. The molecular weight excluding hydrogens is 194 g/mol. The maximum atomic E-state index is 5.30. The average Bonchev–Trinajstić information content (AvgIpc) is 2.29. The summed E-state index contributed by atoms with van der Waals surface area (Å²) in [5.41, 5.74) is 0. The molecule has 0 spiro atoms. The minimum absolute atomic E-state index is 0.884.